The molecule has 0 bridgehead atoms. The zero-order valence-corrected chi connectivity index (χ0v) is 19.5. The normalized spacial score (nSPS) is 13.3. The average Bonchev–Trinajstić information content (AvgIpc) is 3.17. The highest BCUT2D eigenvalue weighted by Crippen LogP contribution is 2.37. The number of anilines is 2. The van der Waals surface area contributed by atoms with Gasteiger partial charge >= 0.3 is 5.97 Å². The summed E-state index contributed by atoms with van der Waals surface area (Å²) < 4.78 is 6.45. The van der Waals surface area contributed by atoms with Gasteiger partial charge in [0.15, 0.2) is 11.9 Å². The van der Waals surface area contributed by atoms with Crippen molar-refractivity contribution in [1.29, 1.82) is 0 Å². The number of carboxylic acids is 1. The molecule has 32 heavy (non-hydrogen) atoms. The number of carbonyl (C=O) groups is 1. The first kappa shape index (κ1) is 22.1. The summed E-state index contributed by atoms with van der Waals surface area (Å²) in [5, 5.41) is 23.1. The Kier molecular flexibility index (Phi) is 6.64. The molecule has 0 aliphatic carbocycles. The maximum atomic E-state index is 11.2. The van der Waals surface area contributed by atoms with E-state index in [-0.39, 0.29) is 0 Å². The summed E-state index contributed by atoms with van der Waals surface area (Å²) in [6, 6.07) is 20.7. The third-order valence-corrected chi connectivity index (χ3v) is 6.59. The number of carboxylic acid groups (broad SMARTS) is 1. The van der Waals surface area contributed by atoms with E-state index >= 15 is 0 Å². The number of hydrogen-bond donors (Lipinski definition) is 3. The van der Waals surface area contributed by atoms with E-state index in [0.29, 0.717) is 0 Å². The lowest BCUT2D eigenvalue weighted by Gasteiger charge is -2.11. The molecule has 8 heteroatoms. The quantitative estimate of drug-likeness (QED) is 0.277. The third-order valence-electron chi connectivity index (χ3n) is 4.93. The Hall–Kier alpha value is -3.07. The van der Waals surface area contributed by atoms with Crippen molar-refractivity contribution in [2.45, 2.75) is 19.1 Å². The SMILES string of the molecule is CC(O)C(N=Cc1ccc2c(Nc3cccc(-c4ccccc4)c3Br)nsc2c1)C(=O)O. The highest BCUT2D eigenvalue weighted by Gasteiger charge is 2.21. The minimum atomic E-state index is -1.20. The third kappa shape index (κ3) is 4.72. The Morgan fingerprint density at radius 2 is 1.94 bits per heavy atom. The number of nitrogens with zero attached hydrogens (tertiary/aromatic N) is 2. The van der Waals surface area contributed by atoms with Crippen LogP contribution in [0.15, 0.2) is 76.2 Å². The van der Waals surface area contributed by atoms with Gasteiger partial charge < -0.3 is 15.5 Å². The first-order chi connectivity index (χ1) is 15.4. The van der Waals surface area contributed by atoms with E-state index in [1.54, 1.807) is 0 Å². The van der Waals surface area contributed by atoms with Crippen molar-refractivity contribution < 1.29 is 15.0 Å². The van der Waals surface area contributed by atoms with E-state index in [9.17, 15) is 9.90 Å². The molecule has 0 fully saturated rings. The average molecular weight is 510 g/mol. The van der Waals surface area contributed by atoms with Gasteiger partial charge in [0.2, 0.25) is 0 Å². The molecule has 3 N–H and O–H groups in total. The van der Waals surface area contributed by atoms with Crippen molar-refractivity contribution in [1.82, 2.24) is 4.37 Å². The fourth-order valence-corrected chi connectivity index (χ4v) is 4.66. The highest BCUT2D eigenvalue weighted by molar-refractivity contribution is 9.10. The Labute approximate surface area is 197 Å². The summed E-state index contributed by atoms with van der Waals surface area (Å²) in [5.41, 5.74) is 3.85. The molecule has 6 nitrogen and oxygen atoms in total. The number of aliphatic hydroxyl groups is 1. The predicted octanol–water partition coefficient (Wildman–Crippen LogP) is 5.72. The standard InChI is InChI=1S/C24H20BrN3O3S/c1-14(29)22(24(30)31)26-13-15-10-11-18-20(12-15)32-28-23(18)27-19-9-5-8-17(21(19)25)16-6-3-2-4-7-16/h2-14,22,29H,1H3,(H,27,28)(H,30,31). The molecule has 0 saturated carbocycles. The van der Waals surface area contributed by atoms with Gasteiger partial charge in [-0.05, 0) is 69.3 Å². The van der Waals surface area contributed by atoms with Crippen LogP contribution in [0.5, 0.6) is 0 Å². The monoisotopic (exact) mass is 509 g/mol. The molecule has 1 heterocycles. The number of aromatic nitrogens is 1. The van der Waals surface area contributed by atoms with Gasteiger partial charge in [-0.15, -0.1) is 0 Å². The van der Waals surface area contributed by atoms with Crippen molar-refractivity contribution in [3.05, 3.63) is 76.8 Å². The second-order valence-corrected chi connectivity index (χ2v) is 8.84. The lowest BCUT2D eigenvalue weighted by molar-refractivity contribution is -0.140. The van der Waals surface area contributed by atoms with Gasteiger partial charge in [-0.1, -0.05) is 48.5 Å². The fourth-order valence-electron chi connectivity index (χ4n) is 3.28. The second kappa shape index (κ2) is 9.60. The molecule has 2 unspecified atom stereocenters. The minimum absolute atomic E-state index is 0.742. The molecule has 0 aliphatic rings. The molecule has 0 amide bonds. The lowest BCUT2D eigenvalue weighted by atomic mass is 10.1. The number of rotatable bonds is 7. The molecule has 4 aromatic rings. The van der Waals surface area contributed by atoms with Gasteiger partial charge in [0.05, 0.1) is 16.5 Å². The van der Waals surface area contributed by atoms with Crippen LogP contribution in [-0.2, 0) is 4.79 Å². The Morgan fingerprint density at radius 3 is 2.66 bits per heavy atom. The maximum Gasteiger partial charge on any atom is 0.331 e. The summed E-state index contributed by atoms with van der Waals surface area (Å²) >= 11 is 5.07. The molecule has 0 radical (unpaired) electrons. The summed E-state index contributed by atoms with van der Waals surface area (Å²) in [7, 11) is 0. The van der Waals surface area contributed by atoms with Crippen LogP contribution in [0.3, 0.4) is 0 Å². The van der Waals surface area contributed by atoms with Gasteiger partial charge in [-0.2, -0.15) is 4.37 Å². The van der Waals surface area contributed by atoms with Crippen molar-refractivity contribution in [2.75, 3.05) is 5.32 Å². The Balaban J connectivity index is 1.60. The molecular formula is C24H20BrN3O3S. The summed E-state index contributed by atoms with van der Waals surface area (Å²) in [4.78, 5) is 15.2. The minimum Gasteiger partial charge on any atom is -0.480 e. The second-order valence-electron chi connectivity index (χ2n) is 7.25. The van der Waals surface area contributed by atoms with Gasteiger partial charge in [0.25, 0.3) is 0 Å². The van der Waals surface area contributed by atoms with Crippen LogP contribution in [0.1, 0.15) is 12.5 Å². The zero-order chi connectivity index (χ0) is 22.7. The number of aliphatic carboxylic acids is 1. The number of hydrogen-bond acceptors (Lipinski definition) is 6. The number of halogens is 1. The molecule has 4 rings (SSSR count). The van der Waals surface area contributed by atoms with Gasteiger partial charge in [-0.3, -0.25) is 4.99 Å². The van der Waals surface area contributed by atoms with Crippen molar-refractivity contribution >= 4 is 61.2 Å². The number of nitrogens with one attached hydrogen (secondary N) is 1. The van der Waals surface area contributed by atoms with Gasteiger partial charge in [0.1, 0.15) is 0 Å². The molecular weight excluding hydrogens is 490 g/mol. The van der Waals surface area contributed by atoms with E-state index < -0.39 is 18.1 Å². The van der Waals surface area contributed by atoms with Crippen molar-refractivity contribution in [2.24, 2.45) is 4.99 Å². The van der Waals surface area contributed by atoms with Crippen LogP contribution in [0.25, 0.3) is 21.2 Å². The fraction of sp³-hybridized carbons (Fsp3) is 0.125. The molecule has 1 aromatic heterocycles. The first-order valence-corrected chi connectivity index (χ1v) is 11.4. The van der Waals surface area contributed by atoms with Crippen LogP contribution in [-0.4, -0.2) is 38.9 Å². The molecule has 162 valence electrons. The summed E-state index contributed by atoms with van der Waals surface area (Å²) in [6.07, 6.45) is 0.398. The van der Waals surface area contributed by atoms with Crippen molar-refractivity contribution in [3.8, 4) is 11.1 Å². The van der Waals surface area contributed by atoms with E-state index in [1.807, 2.05) is 48.5 Å². The van der Waals surface area contributed by atoms with Crippen LogP contribution >= 0.6 is 27.5 Å². The zero-order valence-electron chi connectivity index (χ0n) is 17.1. The predicted molar refractivity (Wildman–Crippen MR) is 133 cm³/mol. The van der Waals surface area contributed by atoms with E-state index in [0.717, 1.165) is 42.8 Å². The number of benzene rings is 3. The summed E-state index contributed by atoms with van der Waals surface area (Å²) in [5.74, 6) is -0.420. The molecule has 0 spiro atoms. The summed E-state index contributed by atoms with van der Waals surface area (Å²) in [6.45, 7) is 1.41. The maximum absolute atomic E-state index is 11.2. The lowest BCUT2D eigenvalue weighted by Crippen LogP contribution is -2.29. The Morgan fingerprint density at radius 1 is 1.16 bits per heavy atom. The largest absolute Gasteiger partial charge is 0.480 e. The molecule has 3 aromatic carbocycles. The van der Waals surface area contributed by atoms with E-state index in [4.69, 9.17) is 5.11 Å². The number of aliphatic hydroxyl groups excluding tert-OH is 1. The topological polar surface area (TPSA) is 94.8 Å². The van der Waals surface area contributed by atoms with Crippen LogP contribution in [0.4, 0.5) is 11.5 Å². The van der Waals surface area contributed by atoms with Crippen LogP contribution in [0, 0.1) is 0 Å². The number of fused-ring (bicyclic) bond motifs is 1. The number of aliphatic imine (C=N–C) groups is 1. The van der Waals surface area contributed by atoms with E-state index in [2.05, 4.69) is 48.8 Å². The molecule has 2 atom stereocenters. The first-order valence-electron chi connectivity index (χ1n) is 9.88. The molecule has 0 saturated heterocycles. The van der Waals surface area contributed by atoms with Gasteiger partial charge in [0, 0.05) is 16.1 Å². The van der Waals surface area contributed by atoms with Crippen LogP contribution in [0.2, 0.25) is 0 Å². The van der Waals surface area contributed by atoms with E-state index in [1.165, 1.54) is 24.7 Å². The van der Waals surface area contributed by atoms with Crippen LogP contribution < -0.4 is 5.32 Å². The Bertz CT molecular complexity index is 1290. The molecule has 0 aliphatic heterocycles. The van der Waals surface area contributed by atoms with Gasteiger partial charge in [-0.25, -0.2) is 4.79 Å². The smallest absolute Gasteiger partial charge is 0.331 e. The van der Waals surface area contributed by atoms with Crippen molar-refractivity contribution in [3.63, 3.8) is 0 Å². The highest BCUT2D eigenvalue weighted by atomic mass is 79.9.